The van der Waals surface area contributed by atoms with Crippen molar-refractivity contribution >= 4 is 0 Å². The number of hydrogen-bond donors (Lipinski definition) is 1. The molecule has 0 unspecified atom stereocenters. The topological polar surface area (TPSA) is 12.0 Å². The number of hydrogen-bond acceptors (Lipinski definition) is 1. The highest BCUT2D eigenvalue weighted by Crippen LogP contribution is 2.12. The molecule has 2 rings (SSSR count). The van der Waals surface area contributed by atoms with E-state index in [4.69, 9.17) is 0 Å². The van der Waals surface area contributed by atoms with E-state index in [1.165, 1.54) is 11.1 Å². The molecule has 1 nitrogen and oxygen atoms in total. The Kier molecular flexibility index (Phi) is 3.55. The molecule has 0 aliphatic carbocycles. The fraction of sp³-hybridized carbons (Fsp3) is 0.273. The van der Waals surface area contributed by atoms with Crippen LogP contribution >= 0.6 is 0 Å². The van der Waals surface area contributed by atoms with Gasteiger partial charge in [-0.1, -0.05) is 30.3 Å². The molecule has 0 amide bonds. The van der Waals surface area contributed by atoms with Gasteiger partial charge in [-0.3, -0.25) is 0 Å². The van der Waals surface area contributed by atoms with E-state index in [0.29, 0.717) is 0 Å². The summed E-state index contributed by atoms with van der Waals surface area (Å²) in [6, 6.07) is 8.53. The van der Waals surface area contributed by atoms with Crippen molar-refractivity contribution in [3.8, 4) is 0 Å². The molecule has 1 aromatic rings. The van der Waals surface area contributed by atoms with Crippen molar-refractivity contribution in [3.05, 3.63) is 48.0 Å². The lowest BCUT2D eigenvalue weighted by molar-refractivity contribution is 0.765. The minimum Gasteiger partial charge on any atom is -0.309 e. The maximum atomic E-state index is 3.36. The van der Waals surface area contributed by atoms with Crippen LogP contribution in [0.4, 0.5) is 0 Å². The van der Waals surface area contributed by atoms with Crippen LogP contribution < -0.4 is 5.32 Å². The normalized spacial score (nSPS) is 12.8. The standard InChI is InChI=1S/C8H9N.C3H6/c1-2-4-8-6-9-5-7(8)3-1;1-3-2/h1-4,9H,5-6H2;3H,1H2,2H3. The van der Waals surface area contributed by atoms with Crippen LogP contribution in [-0.4, -0.2) is 0 Å². The van der Waals surface area contributed by atoms with Crippen LogP contribution in [-0.2, 0) is 13.1 Å². The van der Waals surface area contributed by atoms with Crippen LogP contribution in [0.15, 0.2) is 36.9 Å². The Labute approximate surface area is 74.1 Å². The average Bonchev–Trinajstić information content (AvgIpc) is 2.52. The summed E-state index contributed by atoms with van der Waals surface area (Å²) in [4.78, 5) is 0. The van der Waals surface area contributed by atoms with Gasteiger partial charge in [0.15, 0.2) is 0 Å². The molecule has 0 saturated heterocycles. The van der Waals surface area contributed by atoms with E-state index >= 15 is 0 Å². The highest BCUT2D eigenvalue weighted by atomic mass is 14.9. The van der Waals surface area contributed by atoms with Gasteiger partial charge < -0.3 is 5.32 Å². The minimum absolute atomic E-state index is 1.05. The summed E-state index contributed by atoms with van der Waals surface area (Å²) >= 11 is 0. The van der Waals surface area contributed by atoms with Crippen LogP contribution in [0.1, 0.15) is 18.1 Å². The first kappa shape index (κ1) is 9.01. The molecular weight excluding hydrogens is 146 g/mol. The number of benzene rings is 1. The van der Waals surface area contributed by atoms with Gasteiger partial charge in [-0.2, -0.15) is 0 Å². The monoisotopic (exact) mass is 161 g/mol. The van der Waals surface area contributed by atoms with E-state index in [1.807, 2.05) is 6.92 Å². The molecule has 0 saturated carbocycles. The lowest BCUT2D eigenvalue weighted by Gasteiger charge is -1.91. The first-order valence-corrected chi connectivity index (χ1v) is 4.23. The van der Waals surface area contributed by atoms with E-state index in [9.17, 15) is 0 Å². The van der Waals surface area contributed by atoms with Gasteiger partial charge in [0.1, 0.15) is 0 Å². The van der Waals surface area contributed by atoms with Crippen LogP contribution in [0, 0.1) is 0 Å². The van der Waals surface area contributed by atoms with Crippen molar-refractivity contribution in [1.82, 2.24) is 5.32 Å². The molecule has 0 aromatic heterocycles. The third-order valence-corrected chi connectivity index (χ3v) is 1.75. The average molecular weight is 161 g/mol. The summed E-state index contributed by atoms with van der Waals surface area (Å²) in [5.41, 5.74) is 2.91. The zero-order valence-corrected chi connectivity index (χ0v) is 7.51. The molecular formula is C11H15N. The smallest absolute Gasteiger partial charge is 0.0211 e. The number of rotatable bonds is 0. The van der Waals surface area contributed by atoms with E-state index in [1.54, 1.807) is 6.08 Å². The van der Waals surface area contributed by atoms with E-state index in [-0.39, 0.29) is 0 Å². The third kappa shape index (κ3) is 2.21. The van der Waals surface area contributed by atoms with Crippen molar-refractivity contribution in [2.75, 3.05) is 0 Å². The summed E-state index contributed by atoms with van der Waals surface area (Å²) in [5.74, 6) is 0. The summed E-state index contributed by atoms with van der Waals surface area (Å²) in [5, 5.41) is 3.29. The lowest BCUT2D eigenvalue weighted by atomic mass is 10.1. The molecule has 1 N–H and O–H groups in total. The lowest BCUT2D eigenvalue weighted by Crippen LogP contribution is -1.99. The Hall–Kier alpha value is -1.08. The molecule has 0 radical (unpaired) electrons. The summed E-state index contributed by atoms with van der Waals surface area (Å²) < 4.78 is 0. The predicted octanol–water partition coefficient (Wildman–Crippen LogP) is 2.48. The second kappa shape index (κ2) is 4.73. The molecule has 1 aliphatic rings. The first-order chi connectivity index (χ1) is 5.88. The number of allylic oxidation sites excluding steroid dienone is 1. The number of nitrogens with one attached hydrogen (secondary N) is 1. The summed E-state index contributed by atoms with van der Waals surface area (Å²) in [6.07, 6.45) is 1.75. The van der Waals surface area contributed by atoms with Crippen LogP contribution in [0.25, 0.3) is 0 Å². The van der Waals surface area contributed by atoms with E-state index < -0.39 is 0 Å². The number of fused-ring (bicyclic) bond motifs is 1. The molecule has 1 aliphatic heterocycles. The van der Waals surface area contributed by atoms with Gasteiger partial charge in [0.2, 0.25) is 0 Å². The second-order valence-electron chi connectivity index (χ2n) is 2.78. The van der Waals surface area contributed by atoms with Crippen molar-refractivity contribution in [1.29, 1.82) is 0 Å². The molecule has 0 fully saturated rings. The Morgan fingerprint density at radius 2 is 1.67 bits per heavy atom. The summed E-state index contributed by atoms with van der Waals surface area (Å²) in [6.45, 7) is 7.35. The Bertz CT molecular complexity index is 230. The van der Waals surface area contributed by atoms with Crippen LogP contribution in [0.2, 0.25) is 0 Å². The molecule has 0 bridgehead atoms. The quantitative estimate of drug-likeness (QED) is 0.576. The largest absolute Gasteiger partial charge is 0.309 e. The Morgan fingerprint density at radius 1 is 1.25 bits per heavy atom. The van der Waals surface area contributed by atoms with Gasteiger partial charge in [0.05, 0.1) is 0 Å². The maximum Gasteiger partial charge on any atom is 0.0211 e. The highest BCUT2D eigenvalue weighted by molar-refractivity contribution is 5.29. The van der Waals surface area contributed by atoms with Gasteiger partial charge in [-0.05, 0) is 18.1 Å². The van der Waals surface area contributed by atoms with Crippen molar-refractivity contribution in [2.24, 2.45) is 0 Å². The minimum atomic E-state index is 1.05. The SMILES string of the molecule is C=CC.c1ccc2c(c1)CNC2. The zero-order valence-electron chi connectivity index (χ0n) is 7.51. The van der Waals surface area contributed by atoms with Crippen molar-refractivity contribution < 1.29 is 0 Å². The molecule has 0 atom stereocenters. The second-order valence-corrected chi connectivity index (χ2v) is 2.78. The molecule has 1 heteroatoms. The first-order valence-electron chi connectivity index (χ1n) is 4.23. The fourth-order valence-electron chi connectivity index (χ4n) is 1.23. The van der Waals surface area contributed by atoms with Gasteiger partial charge in [0.25, 0.3) is 0 Å². The molecule has 0 spiro atoms. The molecule has 1 aromatic carbocycles. The van der Waals surface area contributed by atoms with Crippen molar-refractivity contribution in [2.45, 2.75) is 20.0 Å². The van der Waals surface area contributed by atoms with Gasteiger partial charge >= 0.3 is 0 Å². The van der Waals surface area contributed by atoms with Crippen molar-refractivity contribution in [3.63, 3.8) is 0 Å². The van der Waals surface area contributed by atoms with Crippen LogP contribution in [0.3, 0.4) is 0 Å². The van der Waals surface area contributed by atoms with E-state index in [2.05, 4.69) is 36.2 Å². The van der Waals surface area contributed by atoms with Gasteiger partial charge in [-0.15, -0.1) is 6.58 Å². The molecule has 64 valence electrons. The highest BCUT2D eigenvalue weighted by Gasteiger charge is 2.06. The van der Waals surface area contributed by atoms with E-state index in [0.717, 1.165) is 13.1 Å². The summed E-state index contributed by atoms with van der Waals surface area (Å²) in [7, 11) is 0. The third-order valence-electron chi connectivity index (χ3n) is 1.75. The Morgan fingerprint density at radius 3 is 2.08 bits per heavy atom. The Balaban J connectivity index is 0.000000213. The zero-order chi connectivity index (χ0) is 8.81. The van der Waals surface area contributed by atoms with Crippen LogP contribution in [0.5, 0.6) is 0 Å². The predicted molar refractivity (Wildman–Crippen MR) is 52.9 cm³/mol. The molecule has 12 heavy (non-hydrogen) atoms. The van der Waals surface area contributed by atoms with Gasteiger partial charge in [-0.25, -0.2) is 0 Å². The maximum absolute atomic E-state index is 3.36. The van der Waals surface area contributed by atoms with Gasteiger partial charge in [0, 0.05) is 13.1 Å². The molecule has 1 heterocycles. The fourth-order valence-corrected chi connectivity index (χ4v) is 1.23.